The van der Waals surface area contributed by atoms with Crippen molar-refractivity contribution in [2.24, 2.45) is 0 Å². The van der Waals surface area contributed by atoms with E-state index in [-0.39, 0.29) is 0 Å². The van der Waals surface area contributed by atoms with Crippen LogP contribution in [0.5, 0.6) is 5.75 Å². The zero-order chi connectivity index (χ0) is 13.0. The maximum atomic E-state index is 5.31. The molecule has 0 saturated heterocycles. The summed E-state index contributed by atoms with van der Waals surface area (Å²) in [6.45, 7) is 7.01. The number of benzene rings is 1. The Hall–Kier alpha value is -1.02. The number of methoxy groups -OCH3 is 1. The summed E-state index contributed by atoms with van der Waals surface area (Å²) in [5.41, 5.74) is 1.44. The van der Waals surface area contributed by atoms with Crippen LogP contribution in [0, 0.1) is 0 Å². The van der Waals surface area contributed by atoms with Gasteiger partial charge >= 0.3 is 0 Å². The lowest BCUT2D eigenvalue weighted by molar-refractivity contribution is 0.260. The molecule has 18 heavy (non-hydrogen) atoms. The van der Waals surface area contributed by atoms with Gasteiger partial charge in [-0.15, -0.1) is 0 Å². The van der Waals surface area contributed by atoms with Gasteiger partial charge in [0.05, 0.1) is 7.11 Å². The summed E-state index contributed by atoms with van der Waals surface area (Å²) in [6.07, 6.45) is 3.82. The predicted octanol–water partition coefficient (Wildman–Crippen LogP) is 3.67. The largest absolute Gasteiger partial charge is 0.497 e. The fraction of sp³-hybridized carbons (Fsp3) is 0.625. The molecule has 2 rings (SSSR count). The van der Waals surface area contributed by atoms with Crippen molar-refractivity contribution in [3.05, 3.63) is 29.8 Å². The lowest BCUT2D eigenvalue weighted by Gasteiger charge is -2.21. The van der Waals surface area contributed by atoms with Gasteiger partial charge in [0.25, 0.3) is 0 Å². The van der Waals surface area contributed by atoms with Gasteiger partial charge in [-0.25, -0.2) is 0 Å². The van der Waals surface area contributed by atoms with Crippen molar-refractivity contribution in [1.82, 2.24) is 4.90 Å². The molecular weight excluding hydrogens is 222 g/mol. The second kappa shape index (κ2) is 6.24. The summed E-state index contributed by atoms with van der Waals surface area (Å²) < 4.78 is 5.31. The van der Waals surface area contributed by atoms with Crippen molar-refractivity contribution in [1.29, 1.82) is 0 Å². The Kier molecular flexibility index (Phi) is 4.65. The Labute approximate surface area is 111 Å². The summed E-state index contributed by atoms with van der Waals surface area (Å²) in [5.74, 6) is 1.70. The topological polar surface area (TPSA) is 12.5 Å². The number of rotatable bonds is 7. The van der Waals surface area contributed by atoms with Gasteiger partial charge in [-0.2, -0.15) is 0 Å². The third kappa shape index (κ3) is 3.05. The minimum absolute atomic E-state index is 0.721. The maximum absolute atomic E-state index is 5.31. The fourth-order valence-corrected chi connectivity index (χ4v) is 2.83. The molecular formula is C16H25NO. The van der Waals surface area contributed by atoms with E-state index in [0.29, 0.717) is 0 Å². The zero-order valence-electron chi connectivity index (χ0n) is 11.9. The third-order valence-electron chi connectivity index (χ3n) is 3.77. The minimum Gasteiger partial charge on any atom is -0.497 e. The molecule has 0 bridgehead atoms. The molecule has 0 radical (unpaired) electrons. The molecule has 1 aromatic carbocycles. The van der Waals surface area contributed by atoms with E-state index in [9.17, 15) is 0 Å². The molecule has 0 aliphatic heterocycles. The summed E-state index contributed by atoms with van der Waals surface area (Å²) in [7, 11) is 1.74. The summed E-state index contributed by atoms with van der Waals surface area (Å²) >= 11 is 0. The smallest absolute Gasteiger partial charge is 0.119 e. The average Bonchev–Trinajstić information content (AvgIpc) is 3.19. The van der Waals surface area contributed by atoms with Crippen molar-refractivity contribution in [3.63, 3.8) is 0 Å². The van der Waals surface area contributed by atoms with Gasteiger partial charge in [-0.3, -0.25) is 4.90 Å². The first kappa shape index (κ1) is 13.4. The van der Waals surface area contributed by atoms with Gasteiger partial charge in [-0.1, -0.05) is 26.0 Å². The van der Waals surface area contributed by atoms with Gasteiger partial charge in [-0.05, 0) is 50.0 Å². The van der Waals surface area contributed by atoms with Crippen LogP contribution in [0.15, 0.2) is 24.3 Å². The van der Waals surface area contributed by atoms with E-state index in [0.717, 1.165) is 17.7 Å². The normalized spacial score (nSPS) is 22.2. The van der Waals surface area contributed by atoms with E-state index < -0.39 is 0 Å². The average molecular weight is 247 g/mol. The summed E-state index contributed by atoms with van der Waals surface area (Å²) in [4.78, 5) is 2.66. The van der Waals surface area contributed by atoms with E-state index in [1.54, 1.807) is 7.11 Å². The van der Waals surface area contributed by atoms with Crippen LogP contribution in [0.25, 0.3) is 0 Å². The maximum Gasteiger partial charge on any atom is 0.119 e. The molecule has 1 aromatic rings. The second-order valence-electron chi connectivity index (χ2n) is 5.22. The molecule has 2 atom stereocenters. The Morgan fingerprint density at radius 2 is 1.94 bits per heavy atom. The first-order chi connectivity index (χ1) is 8.80. The molecule has 0 heterocycles. The van der Waals surface area contributed by atoms with Crippen molar-refractivity contribution in [3.8, 4) is 5.75 Å². The third-order valence-corrected chi connectivity index (χ3v) is 3.77. The lowest BCUT2D eigenvalue weighted by atomic mass is 10.1. The first-order valence-electron chi connectivity index (χ1n) is 7.18. The van der Waals surface area contributed by atoms with E-state index >= 15 is 0 Å². The standard InChI is InChI=1S/C16H25NO/c1-4-9-17(10-5-2)16-12-15(16)13-7-6-8-14(11-13)18-3/h6-8,11,15-16H,4-5,9-10,12H2,1-3H3/t15-,16+/m0/s1. The van der Waals surface area contributed by atoms with Crippen molar-refractivity contribution in [2.75, 3.05) is 20.2 Å². The van der Waals surface area contributed by atoms with Crippen LogP contribution in [0.2, 0.25) is 0 Å². The molecule has 1 aliphatic rings. The molecule has 0 spiro atoms. The van der Waals surface area contributed by atoms with Crippen LogP contribution in [0.3, 0.4) is 0 Å². The van der Waals surface area contributed by atoms with Crippen LogP contribution >= 0.6 is 0 Å². The molecule has 1 saturated carbocycles. The van der Waals surface area contributed by atoms with Gasteiger partial charge in [0.2, 0.25) is 0 Å². The van der Waals surface area contributed by atoms with Crippen LogP contribution < -0.4 is 4.74 Å². The lowest BCUT2D eigenvalue weighted by Crippen LogP contribution is -2.28. The van der Waals surface area contributed by atoms with E-state index in [1.807, 2.05) is 6.07 Å². The molecule has 0 N–H and O–H groups in total. The Morgan fingerprint density at radius 1 is 1.22 bits per heavy atom. The molecule has 2 heteroatoms. The van der Waals surface area contributed by atoms with Gasteiger partial charge in [0.15, 0.2) is 0 Å². The zero-order valence-corrected chi connectivity index (χ0v) is 11.9. The Bertz CT molecular complexity index is 371. The van der Waals surface area contributed by atoms with Crippen molar-refractivity contribution >= 4 is 0 Å². The Morgan fingerprint density at radius 3 is 2.56 bits per heavy atom. The first-order valence-corrected chi connectivity index (χ1v) is 7.18. The van der Waals surface area contributed by atoms with Crippen LogP contribution in [0.1, 0.15) is 44.6 Å². The van der Waals surface area contributed by atoms with E-state index in [1.165, 1.54) is 37.9 Å². The fourth-order valence-electron chi connectivity index (χ4n) is 2.83. The van der Waals surface area contributed by atoms with Crippen molar-refractivity contribution in [2.45, 2.75) is 45.1 Å². The highest BCUT2D eigenvalue weighted by Crippen LogP contribution is 2.45. The van der Waals surface area contributed by atoms with Gasteiger partial charge in [0, 0.05) is 12.0 Å². The number of nitrogens with zero attached hydrogens (tertiary/aromatic N) is 1. The van der Waals surface area contributed by atoms with Gasteiger partial charge in [0.1, 0.15) is 5.75 Å². The summed E-state index contributed by atoms with van der Waals surface area (Å²) in [5, 5.41) is 0. The number of hydrogen-bond donors (Lipinski definition) is 0. The van der Waals surface area contributed by atoms with Crippen molar-refractivity contribution < 1.29 is 4.74 Å². The van der Waals surface area contributed by atoms with Gasteiger partial charge < -0.3 is 4.74 Å². The minimum atomic E-state index is 0.721. The number of ether oxygens (including phenoxy) is 1. The summed E-state index contributed by atoms with van der Waals surface area (Å²) in [6, 6.07) is 9.32. The molecule has 0 aromatic heterocycles. The molecule has 1 aliphatic carbocycles. The quantitative estimate of drug-likeness (QED) is 0.729. The molecule has 0 amide bonds. The molecule has 0 unspecified atom stereocenters. The molecule has 1 fully saturated rings. The van der Waals surface area contributed by atoms with E-state index in [2.05, 4.69) is 36.9 Å². The highest BCUT2D eigenvalue weighted by molar-refractivity contribution is 5.35. The highest BCUT2D eigenvalue weighted by Gasteiger charge is 2.41. The van der Waals surface area contributed by atoms with Crippen LogP contribution in [0.4, 0.5) is 0 Å². The molecule has 100 valence electrons. The van der Waals surface area contributed by atoms with E-state index in [4.69, 9.17) is 4.74 Å². The SMILES string of the molecule is CCCN(CCC)[C@@H]1C[C@H]1c1cccc(OC)c1. The highest BCUT2D eigenvalue weighted by atomic mass is 16.5. The Balaban J connectivity index is 1.99. The van der Waals surface area contributed by atoms with Crippen LogP contribution in [-0.4, -0.2) is 31.1 Å². The van der Waals surface area contributed by atoms with Crippen LogP contribution in [-0.2, 0) is 0 Å². The number of hydrogen-bond acceptors (Lipinski definition) is 2. The molecule has 2 nitrogen and oxygen atoms in total. The second-order valence-corrected chi connectivity index (χ2v) is 5.22. The monoisotopic (exact) mass is 247 g/mol. The predicted molar refractivity (Wildman–Crippen MR) is 76.3 cm³/mol.